The average molecular weight is 454 g/mol. The number of thioether (sulfide) groups is 1. The van der Waals surface area contributed by atoms with E-state index in [4.69, 9.17) is 10.5 Å². The summed E-state index contributed by atoms with van der Waals surface area (Å²) in [4.78, 5) is 38.7. The molecule has 1 saturated heterocycles. The molecule has 4 N–H and O–H groups in total. The molecule has 1 fully saturated rings. The lowest BCUT2D eigenvalue weighted by molar-refractivity contribution is -0.150. The second-order valence-electron chi connectivity index (χ2n) is 7.57. The number of carboxylic acids is 1. The number of amides is 2. The SMILES string of the molecule is COc1ccc(CC2=C(C(=O)O)N3C(=O)[C@@H](NC(=O)[C@@H](N)c4ccccc4)[C@@H]3SC2)cc1. The van der Waals surface area contributed by atoms with E-state index < -0.39 is 35.2 Å². The van der Waals surface area contributed by atoms with Crippen LogP contribution in [0.15, 0.2) is 65.9 Å². The molecule has 2 aliphatic rings. The quantitative estimate of drug-likeness (QED) is 0.545. The molecule has 9 heteroatoms. The van der Waals surface area contributed by atoms with E-state index in [0.717, 1.165) is 5.56 Å². The van der Waals surface area contributed by atoms with Crippen molar-refractivity contribution < 1.29 is 24.2 Å². The molecule has 0 saturated carbocycles. The Labute approximate surface area is 189 Å². The van der Waals surface area contributed by atoms with Crippen LogP contribution in [0.25, 0.3) is 0 Å². The Morgan fingerprint density at radius 1 is 1.22 bits per heavy atom. The molecule has 2 amide bonds. The van der Waals surface area contributed by atoms with Crippen molar-refractivity contribution >= 4 is 29.5 Å². The number of fused-ring (bicyclic) bond motifs is 1. The van der Waals surface area contributed by atoms with Crippen LogP contribution in [0.3, 0.4) is 0 Å². The summed E-state index contributed by atoms with van der Waals surface area (Å²) in [6, 6.07) is 14.5. The minimum Gasteiger partial charge on any atom is -0.497 e. The summed E-state index contributed by atoms with van der Waals surface area (Å²) in [7, 11) is 1.58. The smallest absolute Gasteiger partial charge is 0.352 e. The fraction of sp³-hybridized carbons (Fsp3) is 0.261. The molecule has 32 heavy (non-hydrogen) atoms. The van der Waals surface area contributed by atoms with Crippen LogP contribution in [-0.2, 0) is 20.8 Å². The van der Waals surface area contributed by atoms with Gasteiger partial charge in [-0.2, -0.15) is 0 Å². The number of rotatable bonds is 7. The average Bonchev–Trinajstić information content (AvgIpc) is 2.82. The zero-order valence-electron chi connectivity index (χ0n) is 17.4. The van der Waals surface area contributed by atoms with E-state index in [1.165, 1.54) is 16.7 Å². The number of aliphatic carboxylic acids is 1. The molecule has 2 heterocycles. The maximum atomic E-state index is 12.8. The van der Waals surface area contributed by atoms with Gasteiger partial charge in [-0.1, -0.05) is 42.5 Å². The van der Waals surface area contributed by atoms with Gasteiger partial charge in [0.1, 0.15) is 28.9 Å². The van der Waals surface area contributed by atoms with Gasteiger partial charge in [0, 0.05) is 5.75 Å². The lowest BCUT2D eigenvalue weighted by Crippen LogP contribution is -2.71. The van der Waals surface area contributed by atoms with Gasteiger partial charge in [0.2, 0.25) is 5.91 Å². The maximum absolute atomic E-state index is 12.8. The highest BCUT2D eigenvalue weighted by Gasteiger charge is 2.54. The fourth-order valence-corrected chi connectivity index (χ4v) is 5.21. The summed E-state index contributed by atoms with van der Waals surface area (Å²) in [5.74, 6) is -0.915. The Morgan fingerprint density at radius 3 is 2.53 bits per heavy atom. The van der Waals surface area contributed by atoms with Crippen LogP contribution in [0.5, 0.6) is 5.75 Å². The Kier molecular flexibility index (Phi) is 6.20. The normalized spacial score (nSPS) is 20.8. The lowest BCUT2D eigenvalue weighted by atomic mass is 9.98. The molecule has 4 rings (SSSR count). The zero-order valence-corrected chi connectivity index (χ0v) is 18.2. The van der Waals surface area contributed by atoms with Crippen LogP contribution in [0, 0.1) is 0 Å². The number of hydrogen-bond donors (Lipinski definition) is 3. The Morgan fingerprint density at radius 2 is 1.91 bits per heavy atom. The third kappa shape index (κ3) is 4.09. The third-order valence-electron chi connectivity index (χ3n) is 5.57. The molecule has 0 aliphatic carbocycles. The standard InChI is InChI=1S/C23H23N3O5S/c1-31-16-9-7-13(8-10-16)11-15-12-32-22-18(21(28)26(22)19(15)23(29)30)25-20(27)17(24)14-5-3-2-4-6-14/h2-10,17-18,22H,11-12,24H2,1H3,(H,25,27)(H,29,30)/t17-,18+,22-/m0/s1. The highest BCUT2D eigenvalue weighted by atomic mass is 32.2. The molecular weight excluding hydrogens is 430 g/mol. The fourth-order valence-electron chi connectivity index (χ4n) is 3.86. The summed E-state index contributed by atoms with van der Waals surface area (Å²) >= 11 is 1.43. The van der Waals surface area contributed by atoms with Crippen molar-refractivity contribution in [1.29, 1.82) is 0 Å². The first-order valence-electron chi connectivity index (χ1n) is 10.0. The first-order valence-corrected chi connectivity index (χ1v) is 11.1. The van der Waals surface area contributed by atoms with Gasteiger partial charge in [-0.25, -0.2) is 4.79 Å². The van der Waals surface area contributed by atoms with Gasteiger partial charge in [0.25, 0.3) is 5.91 Å². The molecule has 166 valence electrons. The van der Waals surface area contributed by atoms with E-state index in [1.807, 2.05) is 30.3 Å². The van der Waals surface area contributed by atoms with Crippen molar-refractivity contribution in [2.45, 2.75) is 23.9 Å². The summed E-state index contributed by atoms with van der Waals surface area (Å²) in [6.07, 6.45) is 0.408. The van der Waals surface area contributed by atoms with Gasteiger partial charge in [-0.15, -0.1) is 11.8 Å². The molecule has 2 aromatic carbocycles. The largest absolute Gasteiger partial charge is 0.497 e. The second kappa shape index (κ2) is 9.05. The first kappa shape index (κ1) is 21.9. The van der Waals surface area contributed by atoms with Crippen molar-refractivity contribution in [2.24, 2.45) is 5.73 Å². The van der Waals surface area contributed by atoms with Crippen molar-refractivity contribution in [2.75, 3.05) is 12.9 Å². The molecule has 0 aromatic heterocycles. The van der Waals surface area contributed by atoms with Crippen molar-refractivity contribution in [3.05, 3.63) is 77.0 Å². The number of nitrogens with zero attached hydrogens (tertiary/aromatic N) is 1. The number of nitrogens with two attached hydrogens (primary N) is 1. The van der Waals surface area contributed by atoms with Crippen molar-refractivity contribution in [3.8, 4) is 5.75 Å². The monoisotopic (exact) mass is 453 g/mol. The lowest BCUT2D eigenvalue weighted by Gasteiger charge is -2.49. The molecule has 0 radical (unpaired) electrons. The minimum absolute atomic E-state index is 0.00701. The highest BCUT2D eigenvalue weighted by molar-refractivity contribution is 8.00. The maximum Gasteiger partial charge on any atom is 0.352 e. The highest BCUT2D eigenvalue weighted by Crippen LogP contribution is 2.41. The predicted octanol–water partition coefficient (Wildman–Crippen LogP) is 1.68. The van der Waals surface area contributed by atoms with Gasteiger partial charge >= 0.3 is 5.97 Å². The number of nitrogens with one attached hydrogen (secondary N) is 1. The van der Waals surface area contributed by atoms with Crippen molar-refractivity contribution in [3.63, 3.8) is 0 Å². The van der Waals surface area contributed by atoms with Crippen LogP contribution >= 0.6 is 11.8 Å². The van der Waals surface area contributed by atoms with Crippen LogP contribution in [0.2, 0.25) is 0 Å². The van der Waals surface area contributed by atoms with Crippen molar-refractivity contribution in [1.82, 2.24) is 10.2 Å². The summed E-state index contributed by atoms with van der Waals surface area (Å²) < 4.78 is 5.15. The number of carbonyl (C=O) groups is 3. The van der Waals surface area contributed by atoms with E-state index >= 15 is 0 Å². The number of ether oxygens (including phenoxy) is 1. The van der Waals surface area contributed by atoms with E-state index in [9.17, 15) is 19.5 Å². The molecule has 2 aliphatic heterocycles. The Bertz CT molecular complexity index is 1070. The number of β-lactam (4-membered cyclic amide) rings is 1. The van der Waals surface area contributed by atoms with Gasteiger partial charge in [0.15, 0.2) is 0 Å². The van der Waals surface area contributed by atoms with E-state index in [0.29, 0.717) is 29.1 Å². The molecule has 8 nitrogen and oxygen atoms in total. The van der Waals surface area contributed by atoms with Gasteiger partial charge in [-0.05, 0) is 35.3 Å². The van der Waals surface area contributed by atoms with E-state index in [2.05, 4.69) is 5.32 Å². The Balaban J connectivity index is 1.49. The van der Waals surface area contributed by atoms with Crippen LogP contribution < -0.4 is 15.8 Å². The van der Waals surface area contributed by atoms with E-state index in [1.54, 1.807) is 31.4 Å². The topological polar surface area (TPSA) is 122 Å². The molecular formula is C23H23N3O5S. The number of carboxylic acid groups (broad SMARTS) is 1. The number of hydrogen-bond acceptors (Lipinski definition) is 6. The number of methoxy groups -OCH3 is 1. The molecule has 0 bridgehead atoms. The van der Waals surface area contributed by atoms with Gasteiger partial charge in [-0.3, -0.25) is 14.5 Å². The van der Waals surface area contributed by atoms with Crippen LogP contribution in [0.1, 0.15) is 17.2 Å². The van der Waals surface area contributed by atoms with Crippen LogP contribution in [0.4, 0.5) is 0 Å². The predicted molar refractivity (Wildman–Crippen MR) is 120 cm³/mol. The first-order chi connectivity index (χ1) is 15.4. The molecule has 0 spiro atoms. The molecule has 2 aromatic rings. The zero-order chi connectivity index (χ0) is 22.8. The minimum atomic E-state index is -1.15. The van der Waals surface area contributed by atoms with E-state index in [-0.39, 0.29) is 5.70 Å². The second-order valence-corrected chi connectivity index (χ2v) is 8.67. The summed E-state index contributed by atoms with van der Waals surface area (Å²) in [6.45, 7) is 0. The number of carbonyl (C=O) groups excluding carboxylic acids is 2. The Hall–Kier alpha value is -3.30. The van der Waals surface area contributed by atoms with Crippen LogP contribution in [-0.4, -0.2) is 52.1 Å². The summed E-state index contributed by atoms with van der Waals surface area (Å²) in [5.41, 5.74) is 8.23. The summed E-state index contributed by atoms with van der Waals surface area (Å²) in [5, 5.41) is 12.0. The third-order valence-corrected chi connectivity index (χ3v) is 6.90. The number of benzene rings is 2. The van der Waals surface area contributed by atoms with Gasteiger partial charge < -0.3 is 20.9 Å². The van der Waals surface area contributed by atoms with Gasteiger partial charge in [0.05, 0.1) is 7.11 Å². The molecule has 3 atom stereocenters. The molecule has 0 unspecified atom stereocenters.